The molecule has 1 aliphatic carbocycles. The van der Waals surface area contributed by atoms with Gasteiger partial charge in [0.25, 0.3) is 0 Å². The normalized spacial score (nSPS) is 16.6. The fourth-order valence-electron chi connectivity index (χ4n) is 4.88. The summed E-state index contributed by atoms with van der Waals surface area (Å²) >= 11 is 14.3. The third kappa shape index (κ3) is 5.15. The summed E-state index contributed by atoms with van der Waals surface area (Å²) in [5, 5.41) is 1.30. The lowest BCUT2D eigenvalue weighted by atomic mass is 9.87. The van der Waals surface area contributed by atoms with Crippen LogP contribution in [0.4, 0.5) is 0 Å². The summed E-state index contributed by atoms with van der Waals surface area (Å²) in [6.07, 6.45) is 4.23. The molecule has 0 bridgehead atoms. The molecule has 0 saturated heterocycles. The third-order valence-electron chi connectivity index (χ3n) is 6.90. The second kappa shape index (κ2) is 10.9. The summed E-state index contributed by atoms with van der Waals surface area (Å²) in [6, 6.07) is 19.8. The van der Waals surface area contributed by atoms with Crippen molar-refractivity contribution in [2.45, 2.75) is 43.4 Å². The number of ether oxygens (including phenoxy) is 1. The topological polar surface area (TPSA) is 41.9 Å². The van der Waals surface area contributed by atoms with Crippen LogP contribution >= 0.6 is 35.0 Å². The lowest BCUT2D eigenvalue weighted by molar-refractivity contribution is -0.0258. The molecule has 1 heterocycles. The molecule has 36 heavy (non-hydrogen) atoms. The van der Waals surface area contributed by atoms with Crippen molar-refractivity contribution >= 4 is 47.1 Å². The molecule has 0 fully saturated rings. The molecule has 0 radical (unpaired) electrons. The first-order valence-electron chi connectivity index (χ1n) is 12.2. The van der Waals surface area contributed by atoms with Crippen molar-refractivity contribution in [3.8, 4) is 5.75 Å². The Hall–Kier alpha value is -2.47. The average molecular weight is 540 g/mol. The maximum atomic E-state index is 12.7. The van der Waals surface area contributed by atoms with Crippen LogP contribution in [0.1, 0.15) is 52.4 Å². The molecule has 3 aromatic rings. The van der Waals surface area contributed by atoms with Gasteiger partial charge in [0.15, 0.2) is 5.78 Å². The zero-order valence-electron chi connectivity index (χ0n) is 20.2. The van der Waals surface area contributed by atoms with Gasteiger partial charge >= 0.3 is 0 Å². The Kier molecular flexibility index (Phi) is 7.61. The van der Waals surface area contributed by atoms with Crippen LogP contribution in [0.3, 0.4) is 0 Å². The van der Waals surface area contributed by atoms with Gasteiger partial charge in [0.2, 0.25) is 5.72 Å². The summed E-state index contributed by atoms with van der Waals surface area (Å²) in [4.78, 5) is 19.3. The number of hydrogen-bond acceptors (Lipinski definition) is 5. The van der Waals surface area contributed by atoms with E-state index in [1.165, 1.54) is 0 Å². The predicted octanol–water partition coefficient (Wildman–Crippen LogP) is 7.54. The number of carbonyl (C=O) groups excluding carboxylic acids is 1. The maximum absolute atomic E-state index is 12.7. The van der Waals surface area contributed by atoms with Crippen molar-refractivity contribution in [3.05, 3.63) is 98.5 Å². The van der Waals surface area contributed by atoms with Crippen molar-refractivity contribution in [2.24, 2.45) is 4.99 Å². The van der Waals surface area contributed by atoms with E-state index in [1.807, 2.05) is 48.8 Å². The lowest BCUT2D eigenvalue weighted by Gasteiger charge is -2.39. The SMILES string of the molecule is C[C@](Oc1ccc2c(c1CSCc1ccc(Cl)cc1Cl)CCCC2=O)(c1ccccc1)N1C=NCC1. The van der Waals surface area contributed by atoms with E-state index < -0.39 is 5.72 Å². The van der Waals surface area contributed by atoms with Gasteiger partial charge in [0.1, 0.15) is 5.75 Å². The highest BCUT2D eigenvalue weighted by Gasteiger charge is 2.37. The van der Waals surface area contributed by atoms with Crippen molar-refractivity contribution in [2.75, 3.05) is 13.1 Å². The highest BCUT2D eigenvalue weighted by molar-refractivity contribution is 7.97. The van der Waals surface area contributed by atoms with Crippen LogP contribution in [0, 0.1) is 0 Å². The second-order valence-electron chi connectivity index (χ2n) is 9.24. The van der Waals surface area contributed by atoms with Gasteiger partial charge in [-0.25, -0.2) is 0 Å². The first-order chi connectivity index (χ1) is 17.5. The van der Waals surface area contributed by atoms with Gasteiger partial charge in [0.05, 0.1) is 12.9 Å². The molecule has 5 rings (SSSR count). The molecular weight excluding hydrogens is 511 g/mol. The monoisotopic (exact) mass is 538 g/mol. The van der Waals surface area contributed by atoms with E-state index in [1.54, 1.807) is 17.8 Å². The van der Waals surface area contributed by atoms with E-state index in [4.69, 9.17) is 27.9 Å². The molecule has 1 atom stereocenters. The van der Waals surface area contributed by atoms with Crippen LogP contribution in [0.2, 0.25) is 10.0 Å². The quantitative estimate of drug-likeness (QED) is 0.297. The molecule has 0 spiro atoms. The first kappa shape index (κ1) is 25.2. The molecule has 0 amide bonds. The Morgan fingerprint density at radius 2 is 1.89 bits per heavy atom. The molecule has 186 valence electrons. The third-order valence-corrected chi connectivity index (χ3v) is 8.49. The van der Waals surface area contributed by atoms with E-state index in [-0.39, 0.29) is 5.78 Å². The Morgan fingerprint density at radius 3 is 2.64 bits per heavy atom. The number of nitrogens with zero attached hydrogens (tertiary/aromatic N) is 2. The largest absolute Gasteiger partial charge is 0.464 e. The van der Waals surface area contributed by atoms with Crippen molar-refractivity contribution < 1.29 is 9.53 Å². The lowest BCUT2D eigenvalue weighted by Crippen LogP contribution is -2.47. The number of fused-ring (bicyclic) bond motifs is 1. The van der Waals surface area contributed by atoms with E-state index in [2.05, 4.69) is 28.9 Å². The average Bonchev–Trinajstić information content (AvgIpc) is 3.43. The van der Waals surface area contributed by atoms with Crippen molar-refractivity contribution in [3.63, 3.8) is 0 Å². The minimum absolute atomic E-state index is 0.215. The molecule has 2 aliphatic rings. The molecular formula is C29H28Cl2N2O2S. The van der Waals surface area contributed by atoms with Crippen molar-refractivity contribution in [1.29, 1.82) is 0 Å². The van der Waals surface area contributed by atoms with E-state index in [0.717, 1.165) is 65.3 Å². The maximum Gasteiger partial charge on any atom is 0.207 e. The Labute approximate surface area is 226 Å². The number of aliphatic imine (C=N–C) groups is 1. The summed E-state index contributed by atoms with van der Waals surface area (Å²) in [6.45, 7) is 3.62. The number of halogens is 2. The van der Waals surface area contributed by atoms with Gasteiger partial charge in [-0.05, 0) is 55.2 Å². The van der Waals surface area contributed by atoms with Crippen molar-refractivity contribution in [1.82, 2.24) is 4.90 Å². The minimum atomic E-state index is -0.729. The van der Waals surface area contributed by atoms with Gasteiger partial charge in [0, 0.05) is 51.2 Å². The smallest absolute Gasteiger partial charge is 0.207 e. The molecule has 0 aromatic heterocycles. The molecule has 7 heteroatoms. The zero-order valence-corrected chi connectivity index (χ0v) is 22.5. The van der Waals surface area contributed by atoms with Gasteiger partial charge in [-0.1, -0.05) is 59.6 Å². The molecule has 4 nitrogen and oxygen atoms in total. The summed E-state index contributed by atoms with van der Waals surface area (Å²) < 4.78 is 6.91. The molecule has 0 N–H and O–H groups in total. The highest BCUT2D eigenvalue weighted by atomic mass is 35.5. The van der Waals surface area contributed by atoms with Crippen LogP contribution < -0.4 is 4.74 Å². The number of ketones is 1. The predicted molar refractivity (Wildman–Crippen MR) is 150 cm³/mol. The standard InChI is InChI=1S/C29H28Cl2N2O2S/c1-29(33-15-14-32-19-33,21-6-3-2-4-7-21)35-28-13-12-24-23(8-5-9-27(24)34)25(28)18-36-17-20-10-11-22(30)16-26(20)31/h2-4,6-7,10-13,16,19H,5,8-9,14-15,17-18H2,1H3/t29-/m0/s1. The van der Waals surface area contributed by atoms with Crippen LogP contribution in [0.15, 0.2) is 65.7 Å². The summed E-state index contributed by atoms with van der Waals surface area (Å²) in [5.41, 5.74) is 4.40. The molecule has 0 unspecified atom stereocenters. The van der Waals surface area contributed by atoms with E-state index in [0.29, 0.717) is 22.2 Å². The number of carbonyl (C=O) groups is 1. The van der Waals surface area contributed by atoms with Gasteiger partial charge in [-0.2, -0.15) is 11.8 Å². The van der Waals surface area contributed by atoms with Crippen LogP contribution in [0.25, 0.3) is 0 Å². The van der Waals surface area contributed by atoms with E-state index >= 15 is 0 Å². The first-order valence-corrected chi connectivity index (χ1v) is 14.1. The second-order valence-corrected chi connectivity index (χ2v) is 11.1. The minimum Gasteiger partial charge on any atom is -0.464 e. The Bertz CT molecular complexity index is 1300. The Morgan fingerprint density at radius 1 is 1.06 bits per heavy atom. The highest BCUT2D eigenvalue weighted by Crippen LogP contribution is 2.39. The van der Waals surface area contributed by atoms with Gasteiger partial charge < -0.3 is 9.64 Å². The van der Waals surface area contributed by atoms with Gasteiger partial charge in [-0.3, -0.25) is 9.79 Å². The number of Topliss-reactive ketones (excluding diaryl/α,β-unsaturated/α-hetero) is 1. The molecule has 1 aliphatic heterocycles. The molecule has 3 aromatic carbocycles. The number of thioether (sulfide) groups is 1. The van der Waals surface area contributed by atoms with Crippen LogP contribution in [-0.2, 0) is 23.7 Å². The Balaban J connectivity index is 1.49. The fraction of sp³-hybridized carbons (Fsp3) is 0.310. The number of benzene rings is 3. The van der Waals surface area contributed by atoms with Crippen LogP contribution in [-0.4, -0.2) is 30.1 Å². The summed E-state index contributed by atoms with van der Waals surface area (Å²) in [5.74, 6) is 2.47. The molecule has 0 saturated carbocycles. The number of rotatable bonds is 8. The fourth-order valence-corrected chi connectivity index (χ4v) is 6.53. The summed E-state index contributed by atoms with van der Waals surface area (Å²) in [7, 11) is 0. The van der Waals surface area contributed by atoms with Gasteiger partial charge in [-0.15, -0.1) is 0 Å². The number of hydrogen-bond donors (Lipinski definition) is 0. The van der Waals surface area contributed by atoms with Crippen LogP contribution in [0.5, 0.6) is 5.75 Å². The van der Waals surface area contributed by atoms with E-state index in [9.17, 15) is 4.79 Å². The zero-order chi connectivity index (χ0) is 25.1.